The van der Waals surface area contributed by atoms with Gasteiger partial charge < -0.3 is 10.1 Å². The summed E-state index contributed by atoms with van der Waals surface area (Å²) >= 11 is 0. The van der Waals surface area contributed by atoms with Crippen LogP contribution in [0.5, 0.6) is 0 Å². The minimum Gasteiger partial charge on any atom is -0.465 e. The number of carbonyl (C=O) groups excluding carboxylic acids is 1. The van der Waals surface area contributed by atoms with Gasteiger partial charge in [-0.05, 0) is 41.9 Å². The Labute approximate surface area is 164 Å². The topological polar surface area (TPSA) is 92.8 Å². The van der Waals surface area contributed by atoms with Crippen molar-refractivity contribution in [2.24, 2.45) is 0 Å². The molecule has 1 aromatic carbocycles. The van der Waals surface area contributed by atoms with Gasteiger partial charge in [0.1, 0.15) is 11.6 Å². The fourth-order valence-corrected chi connectivity index (χ4v) is 4.74. The minimum atomic E-state index is -0.908. The van der Waals surface area contributed by atoms with E-state index in [9.17, 15) is 4.79 Å². The van der Waals surface area contributed by atoms with E-state index in [1.54, 1.807) is 6.08 Å². The summed E-state index contributed by atoms with van der Waals surface area (Å²) in [6, 6.07) is 9.93. The molecule has 1 atom stereocenters. The molecule has 1 aliphatic heterocycles. The molecule has 1 unspecified atom stereocenters. The molecule has 0 bridgehead atoms. The number of nitrogens with zero attached hydrogens (tertiary/aromatic N) is 3. The van der Waals surface area contributed by atoms with Crippen LogP contribution >= 0.6 is 10.9 Å². The molecule has 1 saturated carbocycles. The lowest BCUT2D eigenvalue weighted by Gasteiger charge is -2.13. The molecule has 3 heterocycles. The number of aromatic nitrogens is 4. The number of esters is 1. The zero-order valence-electron chi connectivity index (χ0n) is 15.2. The van der Waals surface area contributed by atoms with E-state index in [0.29, 0.717) is 16.6 Å². The van der Waals surface area contributed by atoms with Gasteiger partial charge in [0, 0.05) is 17.4 Å². The van der Waals surface area contributed by atoms with E-state index in [4.69, 9.17) is 14.7 Å². The van der Waals surface area contributed by atoms with E-state index in [2.05, 4.69) is 15.5 Å². The van der Waals surface area contributed by atoms with Crippen LogP contribution in [0, 0.1) is 0 Å². The normalized spacial score (nSPS) is 19.6. The number of H-pyrrole nitrogens is 1. The van der Waals surface area contributed by atoms with E-state index >= 15 is 0 Å². The highest BCUT2D eigenvalue weighted by Crippen LogP contribution is 2.44. The highest BCUT2D eigenvalue weighted by molar-refractivity contribution is 8.22. The quantitative estimate of drug-likeness (QED) is 0.346. The molecule has 8 heteroatoms. The van der Waals surface area contributed by atoms with Crippen molar-refractivity contribution in [1.29, 1.82) is 0 Å². The van der Waals surface area contributed by atoms with Crippen molar-refractivity contribution in [3.8, 4) is 0 Å². The first kappa shape index (κ1) is 17.0. The standard InChI is InChI=1S/C20H19N5O2S/c1-27-19(26)13-8-9-28(11-13)20-21-15-5-3-2-4-14(15)18(23-20)22-17-10-16(24-25-17)12-6-7-12/h2-5,8-12,28H,6-7H2,1H3,(H2,21,22,23,24,25). The molecule has 2 aliphatic rings. The number of carbonyl (C=O) groups is 1. The average Bonchev–Trinajstić information content (AvgIpc) is 3.26. The number of nitrogens with one attached hydrogen (secondary N) is 2. The Hall–Kier alpha value is -3.13. The van der Waals surface area contributed by atoms with Crippen LogP contribution in [0.15, 0.2) is 58.0 Å². The molecule has 1 aliphatic carbocycles. The molecule has 1 fully saturated rings. The number of methoxy groups -OCH3 is 1. The summed E-state index contributed by atoms with van der Waals surface area (Å²) in [6.07, 6.45) is 4.19. The fraction of sp³-hybridized carbons (Fsp3) is 0.200. The van der Waals surface area contributed by atoms with Crippen molar-refractivity contribution in [2.75, 3.05) is 12.4 Å². The molecule has 0 amide bonds. The first-order valence-corrected chi connectivity index (χ1v) is 10.5. The molecule has 5 rings (SSSR count). The second-order valence-corrected chi connectivity index (χ2v) is 8.57. The number of fused-ring (bicyclic) bond motifs is 1. The molecule has 0 radical (unpaired) electrons. The molecule has 3 aromatic rings. The number of anilines is 2. The Morgan fingerprint density at radius 1 is 1.29 bits per heavy atom. The van der Waals surface area contributed by atoms with E-state index in [-0.39, 0.29) is 5.97 Å². The Morgan fingerprint density at radius 3 is 2.96 bits per heavy atom. The summed E-state index contributed by atoms with van der Waals surface area (Å²) < 4.78 is 4.81. The van der Waals surface area contributed by atoms with Crippen molar-refractivity contribution in [3.05, 3.63) is 58.5 Å². The van der Waals surface area contributed by atoms with Crippen LogP contribution in [0.25, 0.3) is 10.9 Å². The van der Waals surface area contributed by atoms with Crippen molar-refractivity contribution in [3.63, 3.8) is 0 Å². The number of benzene rings is 1. The van der Waals surface area contributed by atoms with Gasteiger partial charge >= 0.3 is 5.97 Å². The van der Waals surface area contributed by atoms with Crippen LogP contribution in [0.4, 0.5) is 11.6 Å². The van der Waals surface area contributed by atoms with Gasteiger partial charge in [-0.25, -0.2) is 14.8 Å². The first-order valence-electron chi connectivity index (χ1n) is 9.07. The molecule has 142 valence electrons. The number of ether oxygens (including phenoxy) is 1. The highest BCUT2D eigenvalue weighted by atomic mass is 32.2. The molecular weight excluding hydrogens is 374 g/mol. The molecule has 28 heavy (non-hydrogen) atoms. The van der Waals surface area contributed by atoms with E-state index in [1.165, 1.54) is 20.0 Å². The molecule has 0 saturated heterocycles. The Balaban J connectivity index is 1.52. The van der Waals surface area contributed by atoms with Gasteiger partial charge in [0.15, 0.2) is 5.16 Å². The number of thiol groups is 1. The van der Waals surface area contributed by atoms with Crippen LogP contribution in [-0.4, -0.2) is 33.2 Å². The van der Waals surface area contributed by atoms with Gasteiger partial charge in [0.2, 0.25) is 0 Å². The summed E-state index contributed by atoms with van der Waals surface area (Å²) in [5.41, 5.74) is 2.49. The maximum absolute atomic E-state index is 11.8. The number of hydrogen-bond acceptors (Lipinski definition) is 6. The summed E-state index contributed by atoms with van der Waals surface area (Å²) in [7, 11) is 0.473. The van der Waals surface area contributed by atoms with Crippen molar-refractivity contribution in [1.82, 2.24) is 20.2 Å². The Bertz CT molecular complexity index is 1130. The molecule has 2 N–H and O–H groups in total. The summed E-state index contributed by atoms with van der Waals surface area (Å²) in [6.45, 7) is 0. The zero-order chi connectivity index (χ0) is 19.1. The summed E-state index contributed by atoms with van der Waals surface area (Å²) in [5, 5.41) is 16.3. The third-order valence-corrected chi connectivity index (χ3v) is 6.47. The average molecular weight is 393 g/mol. The van der Waals surface area contributed by atoms with Gasteiger partial charge in [-0.3, -0.25) is 5.10 Å². The lowest BCUT2D eigenvalue weighted by molar-refractivity contribution is -0.135. The molecular formula is C20H19N5O2S. The van der Waals surface area contributed by atoms with Crippen molar-refractivity contribution >= 4 is 39.4 Å². The SMILES string of the molecule is COC(=O)C1=C[SH](c2nc(Nc3cc(C4CC4)n[nH]3)c3ccccc3n2)C=C1. The highest BCUT2D eigenvalue weighted by Gasteiger charge is 2.26. The maximum Gasteiger partial charge on any atom is 0.338 e. The fourth-order valence-electron chi connectivity index (χ4n) is 3.15. The lowest BCUT2D eigenvalue weighted by Crippen LogP contribution is -2.01. The Morgan fingerprint density at radius 2 is 2.14 bits per heavy atom. The van der Waals surface area contributed by atoms with Crippen LogP contribution in [0.1, 0.15) is 24.5 Å². The van der Waals surface area contributed by atoms with Crippen molar-refractivity contribution in [2.45, 2.75) is 23.9 Å². The van der Waals surface area contributed by atoms with Crippen LogP contribution in [0.3, 0.4) is 0 Å². The predicted molar refractivity (Wildman–Crippen MR) is 110 cm³/mol. The number of aromatic amines is 1. The maximum atomic E-state index is 11.8. The smallest absolute Gasteiger partial charge is 0.338 e. The molecule has 2 aromatic heterocycles. The van der Waals surface area contributed by atoms with Crippen LogP contribution < -0.4 is 5.32 Å². The third kappa shape index (κ3) is 3.16. The minimum absolute atomic E-state index is 0.342. The predicted octanol–water partition coefficient (Wildman–Crippen LogP) is 3.92. The third-order valence-electron chi connectivity index (χ3n) is 4.78. The van der Waals surface area contributed by atoms with Gasteiger partial charge in [0.25, 0.3) is 0 Å². The van der Waals surface area contributed by atoms with Crippen LogP contribution in [0.2, 0.25) is 0 Å². The Kier molecular flexibility index (Phi) is 4.12. The van der Waals surface area contributed by atoms with Crippen molar-refractivity contribution < 1.29 is 9.53 Å². The summed E-state index contributed by atoms with van der Waals surface area (Å²) in [4.78, 5) is 21.3. The zero-order valence-corrected chi connectivity index (χ0v) is 16.1. The monoisotopic (exact) mass is 393 g/mol. The largest absolute Gasteiger partial charge is 0.465 e. The molecule has 0 spiro atoms. The second-order valence-electron chi connectivity index (χ2n) is 6.79. The second kappa shape index (κ2) is 6.79. The first-order chi connectivity index (χ1) is 13.7. The lowest BCUT2D eigenvalue weighted by atomic mass is 10.2. The number of hydrogen-bond donors (Lipinski definition) is 3. The van der Waals surface area contributed by atoms with Crippen LogP contribution in [-0.2, 0) is 9.53 Å². The number of rotatable bonds is 5. The van der Waals surface area contributed by atoms with Gasteiger partial charge in [0.05, 0.1) is 23.9 Å². The van der Waals surface area contributed by atoms with Gasteiger partial charge in [-0.2, -0.15) is 16.0 Å². The van der Waals surface area contributed by atoms with Gasteiger partial charge in [-0.15, -0.1) is 0 Å². The molecule has 7 nitrogen and oxygen atoms in total. The van der Waals surface area contributed by atoms with E-state index < -0.39 is 10.9 Å². The van der Waals surface area contributed by atoms with E-state index in [0.717, 1.165) is 28.2 Å². The van der Waals surface area contributed by atoms with Gasteiger partial charge in [-0.1, -0.05) is 12.1 Å². The number of para-hydroxylation sites is 1. The van der Waals surface area contributed by atoms with E-state index in [1.807, 2.05) is 41.1 Å². The summed E-state index contributed by atoms with van der Waals surface area (Å²) in [5.74, 6) is 1.78.